The fraction of sp³-hybridized carbons (Fsp3) is 0.294. The van der Waals surface area contributed by atoms with Gasteiger partial charge in [0, 0.05) is 25.8 Å². The largest absolute Gasteiger partial charge is 0.493 e. The number of hydrogen-bond acceptors (Lipinski definition) is 3. The Labute approximate surface area is 119 Å². The third-order valence-electron chi connectivity index (χ3n) is 3.59. The maximum Gasteiger partial charge on any atom is 0.122 e. The first kappa shape index (κ1) is 13.0. The van der Waals surface area contributed by atoms with Crippen molar-refractivity contribution in [2.24, 2.45) is 0 Å². The van der Waals surface area contributed by atoms with Gasteiger partial charge in [-0.25, -0.2) is 0 Å². The van der Waals surface area contributed by atoms with E-state index < -0.39 is 0 Å². The summed E-state index contributed by atoms with van der Waals surface area (Å²) in [5, 5.41) is 3.48. The molecule has 0 saturated heterocycles. The van der Waals surface area contributed by atoms with Crippen molar-refractivity contribution in [1.29, 1.82) is 0 Å². The second-order valence-corrected chi connectivity index (χ2v) is 4.98. The van der Waals surface area contributed by atoms with Crippen LogP contribution in [0.3, 0.4) is 0 Å². The Kier molecular flexibility index (Phi) is 3.88. The molecule has 0 amide bonds. The molecule has 3 rings (SSSR count). The third-order valence-corrected chi connectivity index (χ3v) is 3.59. The van der Waals surface area contributed by atoms with Gasteiger partial charge < -0.3 is 14.8 Å². The fourth-order valence-electron chi connectivity index (χ4n) is 2.52. The lowest BCUT2D eigenvalue weighted by atomic mass is 10.1. The molecule has 1 heterocycles. The highest BCUT2D eigenvalue weighted by atomic mass is 16.5. The van der Waals surface area contributed by atoms with E-state index in [-0.39, 0.29) is 0 Å². The summed E-state index contributed by atoms with van der Waals surface area (Å²) in [4.78, 5) is 0. The number of ether oxygens (including phenoxy) is 2. The smallest absolute Gasteiger partial charge is 0.122 e. The molecule has 0 spiro atoms. The number of rotatable bonds is 5. The molecule has 1 aliphatic heterocycles. The van der Waals surface area contributed by atoms with Crippen LogP contribution in [-0.4, -0.2) is 13.7 Å². The van der Waals surface area contributed by atoms with Gasteiger partial charge in [-0.1, -0.05) is 24.3 Å². The Hall–Kier alpha value is -2.00. The van der Waals surface area contributed by atoms with E-state index in [4.69, 9.17) is 9.47 Å². The predicted octanol–water partition coefficient (Wildman–Crippen LogP) is 3.38. The molecular formula is C17H19NO2. The Balaban J connectivity index is 1.70. The quantitative estimate of drug-likeness (QED) is 0.902. The van der Waals surface area contributed by atoms with Crippen molar-refractivity contribution >= 4 is 5.69 Å². The lowest BCUT2D eigenvalue weighted by Gasteiger charge is -2.11. The molecule has 0 saturated carbocycles. The molecule has 1 aliphatic rings. The third kappa shape index (κ3) is 2.78. The van der Waals surface area contributed by atoms with Crippen LogP contribution < -0.4 is 10.1 Å². The second-order valence-electron chi connectivity index (χ2n) is 4.98. The van der Waals surface area contributed by atoms with Crippen LogP contribution in [0.1, 0.15) is 16.7 Å². The number of methoxy groups -OCH3 is 1. The molecule has 2 aromatic rings. The Morgan fingerprint density at radius 3 is 2.85 bits per heavy atom. The standard InChI is InChI=1S/C17H19NO2/c1-19-12-15-5-3-2-4-14(15)11-18-16-6-7-17-13(10-16)8-9-20-17/h2-7,10,18H,8-9,11-12H2,1H3. The van der Waals surface area contributed by atoms with Crippen LogP contribution in [0.25, 0.3) is 0 Å². The molecule has 0 fully saturated rings. The van der Waals surface area contributed by atoms with Crippen LogP contribution >= 0.6 is 0 Å². The van der Waals surface area contributed by atoms with Crippen LogP contribution in [0.5, 0.6) is 5.75 Å². The van der Waals surface area contributed by atoms with Gasteiger partial charge >= 0.3 is 0 Å². The predicted molar refractivity (Wildman–Crippen MR) is 80.1 cm³/mol. The summed E-state index contributed by atoms with van der Waals surface area (Å²) in [5.41, 5.74) is 4.93. The average Bonchev–Trinajstić information content (AvgIpc) is 2.94. The molecule has 0 atom stereocenters. The summed E-state index contributed by atoms with van der Waals surface area (Å²) in [5.74, 6) is 1.02. The van der Waals surface area contributed by atoms with Gasteiger partial charge in [-0.2, -0.15) is 0 Å². The van der Waals surface area contributed by atoms with Gasteiger partial charge in [0.1, 0.15) is 5.75 Å². The van der Waals surface area contributed by atoms with Gasteiger partial charge in [0.25, 0.3) is 0 Å². The van der Waals surface area contributed by atoms with Gasteiger partial charge in [-0.15, -0.1) is 0 Å². The Morgan fingerprint density at radius 1 is 1.15 bits per heavy atom. The second kappa shape index (κ2) is 5.97. The van der Waals surface area contributed by atoms with E-state index in [1.54, 1.807) is 7.11 Å². The highest BCUT2D eigenvalue weighted by Gasteiger charge is 2.11. The minimum absolute atomic E-state index is 0.649. The molecule has 3 nitrogen and oxygen atoms in total. The lowest BCUT2D eigenvalue weighted by Crippen LogP contribution is -2.03. The summed E-state index contributed by atoms with van der Waals surface area (Å²) < 4.78 is 10.8. The monoisotopic (exact) mass is 269 g/mol. The Bertz CT molecular complexity index is 595. The van der Waals surface area contributed by atoms with E-state index in [2.05, 4.69) is 35.6 Å². The maximum atomic E-state index is 5.52. The minimum atomic E-state index is 0.649. The van der Waals surface area contributed by atoms with Crippen molar-refractivity contribution in [1.82, 2.24) is 0 Å². The summed E-state index contributed by atoms with van der Waals surface area (Å²) in [6.45, 7) is 2.25. The maximum absolute atomic E-state index is 5.52. The summed E-state index contributed by atoms with van der Waals surface area (Å²) in [6.07, 6.45) is 1.01. The lowest BCUT2D eigenvalue weighted by molar-refractivity contribution is 0.184. The van der Waals surface area contributed by atoms with Crippen LogP contribution in [0.15, 0.2) is 42.5 Å². The zero-order valence-corrected chi connectivity index (χ0v) is 11.7. The first-order chi connectivity index (χ1) is 9.86. The normalized spacial score (nSPS) is 12.8. The first-order valence-electron chi connectivity index (χ1n) is 6.92. The molecule has 0 aliphatic carbocycles. The van der Waals surface area contributed by atoms with Crippen molar-refractivity contribution in [3.05, 3.63) is 59.2 Å². The van der Waals surface area contributed by atoms with Crippen LogP contribution in [-0.2, 0) is 24.3 Å². The number of fused-ring (bicyclic) bond motifs is 1. The first-order valence-corrected chi connectivity index (χ1v) is 6.92. The molecule has 0 aromatic heterocycles. The number of anilines is 1. The summed E-state index contributed by atoms with van der Waals surface area (Å²) >= 11 is 0. The van der Waals surface area contributed by atoms with Gasteiger partial charge in [-0.05, 0) is 34.9 Å². The van der Waals surface area contributed by atoms with Crippen molar-refractivity contribution in [2.45, 2.75) is 19.6 Å². The van der Waals surface area contributed by atoms with Crippen molar-refractivity contribution in [3.63, 3.8) is 0 Å². The molecule has 0 bridgehead atoms. The van der Waals surface area contributed by atoms with Crippen molar-refractivity contribution in [3.8, 4) is 5.75 Å². The molecule has 0 unspecified atom stereocenters. The molecule has 0 radical (unpaired) electrons. The van der Waals surface area contributed by atoms with Crippen LogP contribution in [0, 0.1) is 0 Å². The van der Waals surface area contributed by atoms with Crippen molar-refractivity contribution < 1.29 is 9.47 Å². The molecule has 20 heavy (non-hydrogen) atoms. The van der Waals surface area contributed by atoms with E-state index in [1.807, 2.05) is 12.1 Å². The minimum Gasteiger partial charge on any atom is -0.493 e. The van der Waals surface area contributed by atoms with E-state index in [0.717, 1.165) is 31.0 Å². The Morgan fingerprint density at radius 2 is 2.00 bits per heavy atom. The average molecular weight is 269 g/mol. The van der Waals surface area contributed by atoms with Gasteiger partial charge in [0.15, 0.2) is 0 Å². The molecular weight excluding hydrogens is 250 g/mol. The number of nitrogens with one attached hydrogen (secondary N) is 1. The summed E-state index contributed by atoms with van der Waals surface area (Å²) in [6, 6.07) is 14.7. The van der Waals surface area contributed by atoms with E-state index in [9.17, 15) is 0 Å². The topological polar surface area (TPSA) is 30.5 Å². The SMILES string of the molecule is COCc1ccccc1CNc1ccc2c(c1)CCO2. The van der Waals surface area contributed by atoms with E-state index >= 15 is 0 Å². The number of benzene rings is 2. The van der Waals surface area contributed by atoms with Gasteiger partial charge in [0.05, 0.1) is 13.2 Å². The molecule has 104 valence electrons. The summed E-state index contributed by atoms with van der Waals surface area (Å²) in [7, 11) is 1.73. The van der Waals surface area contributed by atoms with Crippen LogP contribution in [0.4, 0.5) is 5.69 Å². The highest BCUT2D eigenvalue weighted by Crippen LogP contribution is 2.28. The molecule has 2 aromatic carbocycles. The fourth-order valence-corrected chi connectivity index (χ4v) is 2.52. The molecule has 3 heteroatoms. The zero-order valence-electron chi connectivity index (χ0n) is 11.7. The van der Waals surface area contributed by atoms with Gasteiger partial charge in [-0.3, -0.25) is 0 Å². The van der Waals surface area contributed by atoms with E-state index in [0.29, 0.717) is 6.61 Å². The van der Waals surface area contributed by atoms with Crippen molar-refractivity contribution in [2.75, 3.05) is 19.0 Å². The van der Waals surface area contributed by atoms with E-state index in [1.165, 1.54) is 16.7 Å². The zero-order chi connectivity index (χ0) is 13.8. The van der Waals surface area contributed by atoms with Gasteiger partial charge in [0.2, 0.25) is 0 Å². The highest BCUT2D eigenvalue weighted by molar-refractivity contribution is 5.52. The number of hydrogen-bond donors (Lipinski definition) is 1. The molecule has 1 N–H and O–H groups in total. The van der Waals surface area contributed by atoms with Crippen LogP contribution in [0.2, 0.25) is 0 Å².